The SMILES string of the molecule is CC(C)CCN(C(=O)c1cccc(S(N)(=O)=O)c1)C1CC1. The van der Waals surface area contributed by atoms with E-state index in [2.05, 4.69) is 13.8 Å². The monoisotopic (exact) mass is 310 g/mol. The molecule has 0 heterocycles. The number of carbonyl (C=O) groups is 1. The van der Waals surface area contributed by atoms with Gasteiger partial charge in [-0.05, 0) is 43.4 Å². The molecule has 1 aliphatic carbocycles. The van der Waals surface area contributed by atoms with Crippen LogP contribution in [0.5, 0.6) is 0 Å². The molecule has 0 radical (unpaired) electrons. The largest absolute Gasteiger partial charge is 0.336 e. The fourth-order valence-electron chi connectivity index (χ4n) is 2.21. The summed E-state index contributed by atoms with van der Waals surface area (Å²) in [5, 5.41) is 5.12. The Balaban J connectivity index is 2.20. The van der Waals surface area contributed by atoms with E-state index in [9.17, 15) is 13.2 Å². The van der Waals surface area contributed by atoms with Crippen LogP contribution in [0.25, 0.3) is 0 Å². The fraction of sp³-hybridized carbons (Fsp3) is 0.533. The molecule has 5 nitrogen and oxygen atoms in total. The molecule has 0 atom stereocenters. The molecule has 2 N–H and O–H groups in total. The first-order chi connectivity index (χ1) is 9.79. The van der Waals surface area contributed by atoms with Gasteiger partial charge in [-0.2, -0.15) is 0 Å². The molecule has 2 rings (SSSR count). The smallest absolute Gasteiger partial charge is 0.254 e. The van der Waals surface area contributed by atoms with Crippen molar-refractivity contribution in [2.45, 2.75) is 44.0 Å². The van der Waals surface area contributed by atoms with Crippen LogP contribution >= 0.6 is 0 Å². The third-order valence-electron chi connectivity index (χ3n) is 3.61. The maximum Gasteiger partial charge on any atom is 0.254 e. The molecule has 116 valence electrons. The summed E-state index contributed by atoms with van der Waals surface area (Å²) in [5.41, 5.74) is 0.386. The van der Waals surface area contributed by atoms with Crippen molar-refractivity contribution in [3.8, 4) is 0 Å². The third-order valence-corrected chi connectivity index (χ3v) is 4.52. The number of sulfonamides is 1. The van der Waals surface area contributed by atoms with Crippen LogP contribution in [-0.4, -0.2) is 31.8 Å². The van der Waals surface area contributed by atoms with Crippen LogP contribution in [0.1, 0.15) is 43.5 Å². The van der Waals surface area contributed by atoms with Crippen LogP contribution in [0.15, 0.2) is 29.2 Å². The minimum atomic E-state index is -3.79. The molecule has 0 saturated heterocycles. The van der Waals surface area contributed by atoms with Gasteiger partial charge in [0, 0.05) is 18.2 Å². The molecule has 6 heteroatoms. The second-order valence-electron chi connectivity index (χ2n) is 5.99. The molecule has 0 spiro atoms. The molecular formula is C15H22N2O3S. The molecule has 1 saturated carbocycles. The summed E-state index contributed by atoms with van der Waals surface area (Å²) < 4.78 is 22.8. The zero-order chi connectivity index (χ0) is 15.6. The molecule has 0 aromatic heterocycles. The molecule has 1 aromatic carbocycles. The molecule has 1 aliphatic rings. The number of benzene rings is 1. The Kier molecular flexibility index (Phi) is 4.68. The van der Waals surface area contributed by atoms with Crippen molar-refractivity contribution in [1.29, 1.82) is 0 Å². The van der Waals surface area contributed by atoms with Gasteiger partial charge in [0.05, 0.1) is 4.90 Å². The average molecular weight is 310 g/mol. The fourth-order valence-corrected chi connectivity index (χ4v) is 2.76. The van der Waals surface area contributed by atoms with E-state index in [4.69, 9.17) is 5.14 Å². The number of nitrogens with zero attached hydrogens (tertiary/aromatic N) is 1. The summed E-state index contributed by atoms with van der Waals surface area (Å²) in [6.45, 7) is 4.95. The Labute approximate surface area is 126 Å². The van der Waals surface area contributed by atoms with Crippen LogP contribution in [-0.2, 0) is 10.0 Å². The molecule has 0 unspecified atom stereocenters. The predicted octanol–water partition coefficient (Wildman–Crippen LogP) is 1.98. The number of nitrogens with two attached hydrogens (primary N) is 1. The highest BCUT2D eigenvalue weighted by Crippen LogP contribution is 2.29. The maximum absolute atomic E-state index is 12.6. The first kappa shape index (κ1) is 16.0. The molecule has 1 fully saturated rings. The van der Waals surface area contributed by atoms with Crippen molar-refractivity contribution < 1.29 is 13.2 Å². The van der Waals surface area contributed by atoms with E-state index in [0.717, 1.165) is 19.3 Å². The summed E-state index contributed by atoms with van der Waals surface area (Å²) in [5.74, 6) is 0.415. The second-order valence-corrected chi connectivity index (χ2v) is 7.55. The first-order valence-corrected chi connectivity index (χ1v) is 8.77. The Morgan fingerprint density at radius 1 is 1.38 bits per heavy atom. The van der Waals surface area contributed by atoms with E-state index in [1.807, 2.05) is 4.90 Å². The topological polar surface area (TPSA) is 80.5 Å². The van der Waals surface area contributed by atoms with Crippen LogP contribution in [0.4, 0.5) is 0 Å². The molecular weight excluding hydrogens is 288 g/mol. The number of primary sulfonamides is 1. The van der Waals surface area contributed by atoms with Crippen LogP contribution in [0.2, 0.25) is 0 Å². The Morgan fingerprint density at radius 3 is 2.57 bits per heavy atom. The molecule has 21 heavy (non-hydrogen) atoms. The summed E-state index contributed by atoms with van der Waals surface area (Å²) in [4.78, 5) is 14.5. The van der Waals surface area contributed by atoms with Crippen molar-refractivity contribution in [2.24, 2.45) is 11.1 Å². The standard InChI is InChI=1S/C15H22N2O3S/c1-11(2)8-9-17(13-6-7-13)15(18)12-4-3-5-14(10-12)21(16,19)20/h3-5,10-11,13H,6-9H2,1-2H3,(H2,16,19,20). The van der Waals surface area contributed by atoms with E-state index in [1.54, 1.807) is 12.1 Å². The zero-order valence-electron chi connectivity index (χ0n) is 12.5. The van der Waals surface area contributed by atoms with Crippen molar-refractivity contribution in [2.75, 3.05) is 6.54 Å². The number of hydrogen-bond acceptors (Lipinski definition) is 3. The number of hydrogen-bond donors (Lipinski definition) is 1. The van der Waals surface area contributed by atoms with Gasteiger partial charge in [0.15, 0.2) is 0 Å². The van der Waals surface area contributed by atoms with Crippen molar-refractivity contribution in [1.82, 2.24) is 4.90 Å². The van der Waals surface area contributed by atoms with E-state index in [1.165, 1.54) is 12.1 Å². The van der Waals surface area contributed by atoms with Gasteiger partial charge in [-0.1, -0.05) is 19.9 Å². The van der Waals surface area contributed by atoms with Crippen molar-refractivity contribution >= 4 is 15.9 Å². The summed E-state index contributed by atoms with van der Waals surface area (Å²) in [7, 11) is -3.79. The lowest BCUT2D eigenvalue weighted by Gasteiger charge is -2.23. The Hall–Kier alpha value is -1.40. The van der Waals surface area contributed by atoms with Crippen molar-refractivity contribution in [3.05, 3.63) is 29.8 Å². The van der Waals surface area contributed by atoms with Gasteiger partial charge >= 0.3 is 0 Å². The normalized spacial score (nSPS) is 15.2. The summed E-state index contributed by atoms with van der Waals surface area (Å²) in [6, 6.07) is 6.27. The average Bonchev–Trinajstić information content (AvgIpc) is 3.22. The molecule has 0 bridgehead atoms. The highest BCUT2D eigenvalue weighted by Gasteiger charge is 2.33. The Morgan fingerprint density at radius 2 is 2.05 bits per heavy atom. The molecule has 1 aromatic rings. The number of rotatable bonds is 6. The van der Waals surface area contributed by atoms with Gasteiger partial charge in [-0.3, -0.25) is 4.79 Å². The van der Waals surface area contributed by atoms with E-state index < -0.39 is 10.0 Å². The molecule has 1 amide bonds. The van der Waals surface area contributed by atoms with Gasteiger partial charge < -0.3 is 4.90 Å². The lowest BCUT2D eigenvalue weighted by atomic mass is 10.1. The quantitative estimate of drug-likeness (QED) is 0.872. The van der Waals surface area contributed by atoms with Gasteiger partial charge in [-0.15, -0.1) is 0 Å². The van der Waals surface area contributed by atoms with Gasteiger partial charge in [-0.25, -0.2) is 13.6 Å². The zero-order valence-corrected chi connectivity index (χ0v) is 13.3. The third kappa shape index (κ3) is 4.28. The lowest BCUT2D eigenvalue weighted by Crippen LogP contribution is -2.34. The molecule has 0 aliphatic heterocycles. The minimum absolute atomic E-state index is 0.0204. The van der Waals surface area contributed by atoms with E-state index in [-0.39, 0.29) is 10.8 Å². The van der Waals surface area contributed by atoms with Crippen molar-refractivity contribution in [3.63, 3.8) is 0 Å². The van der Waals surface area contributed by atoms with E-state index >= 15 is 0 Å². The predicted molar refractivity (Wildman–Crippen MR) is 81.3 cm³/mol. The highest BCUT2D eigenvalue weighted by molar-refractivity contribution is 7.89. The van der Waals surface area contributed by atoms with Crippen LogP contribution < -0.4 is 5.14 Å². The Bertz CT molecular complexity index is 622. The van der Waals surface area contributed by atoms with Gasteiger partial charge in [0.25, 0.3) is 5.91 Å². The van der Waals surface area contributed by atoms with Gasteiger partial charge in [0.2, 0.25) is 10.0 Å². The highest BCUT2D eigenvalue weighted by atomic mass is 32.2. The van der Waals surface area contributed by atoms with E-state index in [0.29, 0.717) is 24.1 Å². The lowest BCUT2D eigenvalue weighted by molar-refractivity contribution is 0.0735. The van der Waals surface area contributed by atoms with Crippen LogP contribution in [0, 0.1) is 5.92 Å². The van der Waals surface area contributed by atoms with Crippen LogP contribution in [0.3, 0.4) is 0 Å². The maximum atomic E-state index is 12.6. The minimum Gasteiger partial charge on any atom is -0.336 e. The summed E-state index contributed by atoms with van der Waals surface area (Å²) >= 11 is 0. The number of carbonyl (C=O) groups excluding carboxylic acids is 1. The number of amides is 1. The first-order valence-electron chi connectivity index (χ1n) is 7.23. The summed E-state index contributed by atoms with van der Waals surface area (Å²) in [6.07, 6.45) is 2.99. The van der Waals surface area contributed by atoms with Gasteiger partial charge in [0.1, 0.15) is 0 Å². The second kappa shape index (κ2) is 6.15.